The Morgan fingerprint density at radius 2 is 1.56 bits per heavy atom. The van der Waals surface area contributed by atoms with Crippen molar-refractivity contribution in [3.63, 3.8) is 0 Å². The maximum absolute atomic E-state index is 12.1. The number of fused-ring (bicyclic) bond motifs is 1. The normalized spacial score (nSPS) is 11.7. The van der Waals surface area contributed by atoms with Crippen molar-refractivity contribution in [3.05, 3.63) is 83.9 Å². The quantitative estimate of drug-likeness (QED) is 0.752. The van der Waals surface area contributed by atoms with Gasteiger partial charge in [0.2, 0.25) is 5.91 Å². The lowest BCUT2D eigenvalue weighted by Crippen LogP contribution is -2.38. The monoisotopic (exact) mass is 332 g/mol. The second-order valence-electron chi connectivity index (χ2n) is 5.94. The van der Waals surface area contributed by atoms with E-state index in [9.17, 15) is 9.59 Å². The van der Waals surface area contributed by atoms with Crippen LogP contribution in [0.4, 0.5) is 0 Å². The number of nitrogens with one attached hydrogen (secondary N) is 2. The molecule has 25 heavy (non-hydrogen) atoms. The number of amides is 2. The topological polar surface area (TPSA) is 58.2 Å². The summed E-state index contributed by atoms with van der Waals surface area (Å²) in [5, 5.41) is 7.85. The molecule has 0 aliphatic heterocycles. The molecule has 0 heterocycles. The molecule has 0 unspecified atom stereocenters. The van der Waals surface area contributed by atoms with E-state index in [0.29, 0.717) is 5.56 Å². The molecule has 2 amide bonds. The van der Waals surface area contributed by atoms with E-state index in [0.717, 1.165) is 10.9 Å². The first-order valence-electron chi connectivity index (χ1n) is 8.25. The Kier molecular flexibility index (Phi) is 5.09. The Hall–Kier alpha value is -3.14. The van der Waals surface area contributed by atoms with Crippen molar-refractivity contribution in [1.82, 2.24) is 10.6 Å². The van der Waals surface area contributed by atoms with E-state index in [1.54, 1.807) is 24.3 Å². The molecule has 3 rings (SSSR count). The van der Waals surface area contributed by atoms with E-state index in [1.165, 1.54) is 5.39 Å². The SMILES string of the molecule is C[C@H](NC(=O)CNC(=O)c1ccccc1)c1ccc2ccccc2c1. The smallest absolute Gasteiger partial charge is 0.251 e. The van der Waals surface area contributed by atoms with Gasteiger partial charge in [-0.3, -0.25) is 9.59 Å². The van der Waals surface area contributed by atoms with Gasteiger partial charge in [0, 0.05) is 5.56 Å². The highest BCUT2D eigenvalue weighted by Crippen LogP contribution is 2.20. The molecule has 0 fully saturated rings. The summed E-state index contributed by atoms with van der Waals surface area (Å²) in [5.41, 5.74) is 1.57. The van der Waals surface area contributed by atoms with Crippen molar-refractivity contribution in [3.8, 4) is 0 Å². The van der Waals surface area contributed by atoms with Gasteiger partial charge in [-0.25, -0.2) is 0 Å². The average molecular weight is 332 g/mol. The van der Waals surface area contributed by atoms with Gasteiger partial charge in [-0.2, -0.15) is 0 Å². The molecule has 2 N–H and O–H groups in total. The van der Waals surface area contributed by atoms with Gasteiger partial charge in [-0.05, 0) is 41.5 Å². The summed E-state index contributed by atoms with van der Waals surface area (Å²) in [4.78, 5) is 24.1. The largest absolute Gasteiger partial charge is 0.348 e. The lowest BCUT2D eigenvalue weighted by atomic mass is 10.0. The lowest BCUT2D eigenvalue weighted by molar-refractivity contribution is -0.120. The number of rotatable bonds is 5. The first-order chi connectivity index (χ1) is 12.1. The van der Waals surface area contributed by atoms with Crippen molar-refractivity contribution >= 4 is 22.6 Å². The van der Waals surface area contributed by atoms with E-state index in [1.807, 2.05) is 43.3 Å². The fourth-order valence-corrected chi connectivity index (χ4v) is 2.71. The molecule has 0 saturated carbocycles. The van der Waals surface area contributed by atoms with Gasteiger partial charge in [-0.15, -0.1) is 0 Å². The highest BCUT2D eigenvalue weighted by Gasteiger charge is 2.12. The van der Waals surface area contributed by atoms with Gasteiger partial charge in [0.05, 0.1) is 12.6 Å². The number of hydrogen-bond donors (Lipinski definition) is 2. The fourth-order valence-electron chi connectivity index (χ4n) is 2.71. The van der Waals surface area contributed by atoms with Crippen LogP contribution in [0.2, 0.25) is 0 Å². The molecule has 1 atom stereocenters. The third-order valence-electron chi connectivity index (χ3n) is 4.10. The fraction of sp³-hybridized carbons (Fsp3) is 0.143. The zero-order chi connectivity index (χ0) is 17.6. The summed E-state index contributed by atoms with van der Waals surface area (Å²) in [6.07, 6.45) is 0. The van der Waals surface area contributed by atoms with E-state index in [4.69, 9.17) is 0 Å². The van der Waals surface area contributed by atoms with Gasteiger partial charge < -0.3 is 10.6 Å². The maximum atomic E-state index is 12.1. The molecule has 0 saturated heterocycles. The Balaban J connectivity index is 1.57. The highest BCUT2D eigenvalue weighted by molar-refractivity contribution is 5.96. The van der Waals surface area contributed by atoms with Crippen LogP contribution in [-0.4, -0.2) is 18.4 Å². The summed E-state index contributed by atoms with van der Waals surface area (Å²) in [5.74, 6) is -0.473. The molecule has 0 aliphatic rings. The van der Waals surface area contributed by atoms with Crippen molar-refractivity contribution in [2.45, 2.75) is 13.0 Å². The molecule has 0 spiro atoms. The molecular formula is C21H20N2O2. The molecular weight excluding hydrogens is 312 g/mol. The molecule has 0 bridgehead atoms. The van der Waals surface area contributed by atoms with Crippen LogP contribution in [0.3, 0.4) is 0 Å². The zero-order valence-electron chi connectivity index (χ0n) is 14.0. The van der Waals surface area contributed by atoms with Crippen LogP contribution in [0, 0.1) is 0 Å². The third kappa shape index (κ3) is 4.23. The minimum atomic E-state index is -0.255. The molecule has 0 radical (unpaired) electrons. The van der Waals surface area contributed by atoms with Crippen LogP contribution in [0.1, 0.15) is 28.9 Å². The molecule has 0 aliphatic carbocycles. The van der Waals surface area contributed by atoms with Gasteiger partial charge in [0.1, 0.15) is 0 Å². The van der Waals surface area contributed by atoms with Crippen molar-refractivity contribution in [2.75, 3.05) is 6.54 Å². The van der Waals surface area contributed by atoms with Gasteiger partial charge in [0.25, 0.3) is 5.91 Å². The van der Waals surface area contributed by atoms with E-state index < -0.39 is 0 Å². The molecule has 4 heteroatoms. The van der Waals surface area contributed by atoms with Crippen LogP contribution in [0.5, 0.6) is 0 Å². The number of benzene rings is 3. The third-order valence-corrected chi connectivity index (χ3v) is 4.10. The molecule has 0 aromatic heterocycles. The summed E-state index contributed by atoms with van der Waals surface area (Å²) < 4.78 is 0. The van der Waals surface area contributed by atoms with Gasteiger partial charge >= 0.3 is 0 Å². The summed E-state index contributed by atoms with van der Waals surface area (Å²) in [6.45, 7) is 1.88. The van der Waals surface area contributed by atoms with Crippen LogP contribution in [0.15, 0.2) is 72.8 Å². The molecule has 4 nitrogen and oxygen atoms in total. The van der Waals surface area contributed by atoms with Crippen LogP contribution < -0.4 is 10.6 Å². The van der Waals surface area contributed by atoms with Crippen molar-refractivity contribution < 1.29 is 9.59 Å². The minimum Gasteiger partial charge on any atom is -0.348 e. The summed E-state index contributed by atoms with van der Waals surface area (Å²) in [7, 11) is 0. The number of carbonyl (C=O) groups is 2. The van der Waals surface area contributed by atoms with Crippen LogP contribution in [-0.2, 0) is 4.79 Å². The summed E-state index contributed by atoms with van der Waals surface area (Å²) in [6, 6.07) is 22.9. The first-order valence-corrected chi connectivity index (χ1v) is 8.25. The standard InChI is InChI=1S/C21H20N2O2/c1-15(18-12-11-16-7-5-6-10-19(16)13-18)23-20(24)14-22-21(25)17-8-3-2-4-9-17/h2-13,15H,14H2,1H3,(H,22,25)(H,23,24)/t15-/m0/s1. The second kappa shape index (κ2) is 7.62. The lowest BCUT2D eigenvalue weighted by Gasteiger charge is -2.15. The second-order valence-corrected chi connectivity index (χ2v) is 5.94. The summed E-state index contributed by atoms with van der Waals surface area (Å²) >= 11 is 0. The maximum Gasteiger partial charge on any atom is 0.251 e. The van der Waals surface area contributed by atoms with Crippen molar-refractivity contribution in [2.24, 2.45) is 0 Å². The Morgan fingerprint density at radius 1 is 0.880 bits per heavy atom. The van der Waals surface area contributed by atoms with E-state index in [-0.39, 0.29) is 24.4 Å². The zero-order valence-corrected chi connectivity index (χ0v) is 14.0. The number of hydrogen-bond acceptors (Lipinski definition) is 2. The average Bonchev–Trinajstić information content (AvgIpc) is 2.66. The van der Waals surface area contributed by atoms with E-state index >= 15 is 0 Å². The Labute approximate surface area is 146 Å². The van der Waals surface area contributed by atoms with Gasteiger partial charge in [-0.1, -0.05) is 54.6 Å². The van der Waals surface area contributed by atoms with Crippen LogP contribution in [0.25, 0.3) is 10.8 Å². The molecule has 126 valence electrons. The van der Waals surface area contributed by atoms with Crippen molar-refractivity contribution in [1.29, 1.82) is 0 Å². The van der Waals surface area contributed by atoms with Gasteiger partial charge in [0.15, 0.2) is 0 Å². The molecule has 3 aromatic rings. The first kappa shape index (κ1) is 16.7. The number of carbonyl (C=O) groups excluding carboxylic acids is 2. The highest BCUT2D eigenvalue weighted by atomic mass is 16.2. The van der Waals surface area contributed by atoms with Crippen LogP contribution >= 0.6 is 0 Å². The Bertz CT molecular complexity index is 891. The predicted octanol–water partition coefficient (Wildman–Crippen LogP) is 3.45. The van der Waals surface area contributed by atoms with E-state index in [2.05, 4.69) is 22.8 Å². The predicted molar refractivity (Wildman–Crippen MR) is 99.3 cm³/mol. The minimum absolute atomic E-state index is 0.0500. The molecule has 3 aromatic carbocycles. The Morgan fingerprint density at radius 3 is 2.32 bits per heavy atom.